The Hall–Kier alpha value is -0.270. The first-order valence-electron chi connectivity index (χ1n) is 3.24. The van der Waals surface area contributed by atoms with Crippen molar-refractivity contribution in [3.63, 3.8) is 0 Å². The lowest BCUT2D eigenvalue weighted by molar-refractivity contribution is 0.613. The lowest BCUT2D eigenvalue weighted by atomic mass is 10.1. The maximum atomic E-state index is 13.0. The highest BCUT2D eigenvalue weighted by Crippen LogP contribution is 2.18. The van der Waals surface area contributed by atoms with E-state index in [1.54, 1.807) is 12.1 Å². The van der Waals surface area contributed by atoms with Crippen LogP contribution in [-0.4, -0.2) is 5.88 Å². The zero-order chi connectivity index (χ0) is 8.27. The van der Waals surface area contributed by atoms with Crippen LogP contribution in [-0.2, 0) is 6.42 Å². The predicted octanol–water partition coefficient (Wildman–Crippen LogP) is 3.26. The van der Waals surface area contributed by atoms with E-state index in [1.165, 1.54) is 6.07 Å². The summed E-state index contributed by atoms with van der Waals surface area (Å²) < 4.78 is 13.0. The van der Waals surface area contributed by atoms with Gasteiger partial charge < -0.3 is 0 Å². The van der Waals surface area contributed by atoms with E-state index in [9.17, 15) is 4.39 Å². The van der Waals surface area contributed by atoms with Crippen LogP contribution in [0.1, 0.15) is 5.56 Å². The molecule has 0 aliphatic heterocycles. The van der Waals surface area contributed by atoms with Gasteiger partial charge in [0.2, 0.25) is 0 Å². The molecule has 3 heteroatoms. The maximum Gasteiger partial charge on any atom is 0.145 e. The molecule has 0 fully saturated rings. The number of hydrogen-bond donors (Lipinski definition) is 0. The average Bonchev–Trinajstić information content (AvgIpc) is 1.99. The highest BCUT2D eigenvalue weighted by Gasteiger charge is 2.03. The SMILES string of the molecule is Fc1c(Cl)cccc1CCCl. The summed E-state index contributed by atoms with van der Waals surface area (Å²) in [5.74, 6) is 0.0619. The Balaban J connectivity index is 2.96. The fourth-order valence-electron chi connectivity index (χ4n) is 0.843. The van der Waals surface area contributed by atoms with Crippen LogP contribution >= 0.6 is 23.2 Å². The minimum atomic E-state index is -0.352. The molecule has 0 amide bonds. The van der Waals surface area contributed by atoms with Gasteiger partial charge in [0.25, 0.3) is 0 Å². The van der Waals surface area contributed by atoms with Gasteiger partial charge in [-0.05, 0) is 18.1 Å². The quantitative estimate of drug-likeness (QED) is 0.632. The van der Waals surface area contributed by atoms with Crippen LogP contribution in [0.2, 0.25) is 5.02 Å². The molecule has 0 nitrogen and oxygen atoms in total. The first-order chi connectivity index (χ1) is 5.25. The first kappa shape index (κ1) is 8.82. The topological polar surface area (TPSA) is 0 Å². The molecule has 1 aromatic rings. The van der Waals surface area contributed by atoms with Crippen molar-refractivity contribution in [2.45, 2.75) is 6.42 Å². The molecule has 0 aliphatic rings. The van der Waals surface area contributed by atoms with E-state index in [1.807, 2.05) is 0 Å². The largest absolute Gasteiger partial charge is 0.205 e. The molecule has 0 saturated carbocycles. The average molecular weight is 193 g/mol. The molecule has 0 spiro atoms. The third kappa shape index (κ3) is 2.08. The third-order valence-electron chi connectivity index (χ3n) is 1.40. The molecular weight excluding hydrogens is 186 g/mol. The lowest BCUT2D eigenvalue weighted by Crippen LogP contribution is -1.91. The van der Waals surface area contributed by atoms with Crippen molar-refractivity contribution < 1.29 is 4.39 Å². The summed E-state index contributed by atoms with van der Waals surface area (Å²) in [7, 11) is 0. The molecule has 0 radical (unpaired) electrons. The van der Waals surface area contributed by atoms with Crippen LogP contribution in [0, 0.1) is 5.82 Å². The zero-order valence-corrected chi connectivity index (χ0v) is 7.29. The summed E-state index contributed by atoms with van der Waals surface area (Å²) >= 11 is 11.0. The van der Waals surface area contributed by atoms with Gasteiger partial charge in [0, 0.05) is 5.88 Å². The van der Waals surface area contributed by atoms with Gasteiger partial charge in [-0.2, -0.15) is 0 Å². The van der Waals surface area contributed by atoms with Crippen LogP contribution in [0.5, 0.6) is 0 Å². The Labute approximate surface area is 74.9 Å². The molecule has 0 N–H and O–H groups in total. The Morgan fingerprint density at radius 1 is 1.36 bits per heavy atom. The smallest absolute Gasteiger partial charge is 0.145 e. The number of benzene rings is 1. The number of alkyl halides is 1. The van der Waals surface area contributed by atoms with Crippen LogP contribution < -0.4 is 0 Å². The second kappa shape index (κ2) is 3.93. The lowest BCUT2D eigenvalue weighted by Gasteiger charge is -2.00. The molecule has 0 saturated heterocycles. The molecule has 0 bridgehead atoms. The summed E-state index contributed by atoms with van der Waals surface area (Å²) in [4.78, 5) is 0. The summed E-state index contributed by atoms with van der Waals surface area (Å²) in [5, 5.41) is 0.160. The predicted molar refractivity (Wildman–Crippen MR) is 45.8 cm³/mol. The fraction of sp³-hybridized carbons (Fsp3) is 0.250. The van der Waals surface area contributed by atoms with E-state index in [0.717, 1.165) is 0 Å². The standard InChI is InChI=1S/C8H7Cl2F/c9-5-4-6-2-1-3-7(10)8(6)11/h1-3H,4-5H2. The van der Waals surface area contributed by atoms with Crippen LogP contribution in [0.25, 0.3) is 0 Å². The highest BCUT2D eigenvalue weighted by molar-refractivity contribution is 6.30. The molecule has 0 unspecified atom stereocenters. The normalized spacial score (nSPS) is 10.1. The van der Waals surface area contributed by atoms with Crippen molar-refractivity contribution in [3.8, 4) is 0 Å². The highest BCUT2D eigenvalue weighted by atomic mass is 35.5. The Bertz CT molecular complexity index is 248. The van der Waals surface area contributed by atoms with E-state index < -0.39 is 0 Å². The van der Waals surface area contributed by atoms with Gasteiger partial charge in [0.1, 0.15) is 5.82 Å². The fourth-order valence-corrected chi connectivity index (χ4v) is 1.24. The van der Waals surface area contributed by atoms with E-state index in [0.29, 0.717) is 17.9 Å². The molecule has 0 aliphatic carbocycles. The summed E-state index contributed by atoms with van der Waals surface area (Å²) in [6.45, 7) is 0. The van der Waals surface area contributed by atoms with Gasteiger partial charge in [-0.1, -0.05) is 23.7 Å². The van der Waals surface area contributed by atoms with Crippen molar-refractivity contribution in [2.24, 2.45) is 0 Å². The van der Waals surface area contributed by atoms with E-state index >= 15 is 0 Å². The Morgan fingerprint density at radius 2 is 2.09 bits per heavy atom. The van der Waals surface area contributed by atoms with Gasteiger partial charge in [-0.15, -0.1) is 11.6 Å². The van der Waals surface area contributed by atoms with Crippen molar-refractivity contribution in [3.05, 3.63) is 34.6 Å². The molecule has 0 atom stereocenters. The first-order valence-corrected chi connectivity index (χ1v) is 4.16. The van der Waals surface area contributed by atoms with Crippen molar-refractivity contribution in [1.29, 1.82) is 0 Å². The van der Waals surface area contributed by atoms with Gasteiger partial charge in [-0.3, -0.25) is 0 Å². The van der Waals surface area contributed by atoms with Gasteiger partial charge in [-0.25, -0.2) is 4.39 Å². The van der Waals surface area contributed by atoms with Crippen LogP contribution in [0.4, 0.5) is 4.39 Å². The van der Waals surface area contributed by atoms with Crippen molar-refractivity contribution >= 4 is 23.2 Å². The van der Waals surface area contributed by atoms with Gasteiger partial charge in [0.05, 0.1) is 5.02 Å². The van der Waals surface area contributed by atoms with Crippen molar-refractivity contribution in [1.82, 2.24) is 0 Å². The van der Waals surface area contributed by atoms with Gasteiger partial charge >= 0.3 is 0 Å². The second-order valence-electron chi connectivity index (χ2n) is 2.15. The van der Waals surface area contributed by atoms with E-state index in [2.05, 4.69) is 0 Å². The summed E-state index contributed by atoms with van der Waals surface area (Å²) in [5.41, 5.74) is 0.576. The molecule has 1 aromatic carbocycles. The maximum absolute atomic E-state index is 13.0. The zero-order valence-electron chi connectivity index (χ0n) is 5.78. The molecule has 60 valence electrons. The number of hydrogen-bond acceptors (Lipinski definition) is 0. The number of aryl methyl sites for hydroxylation is 1. The van der Waals surface area contributed by atoms with Crippen LogP contribution in [0.3, 0.4) is 0 Å². The second-order valence-corrected chi connectivity index (χ2v) is 2.94. The third-order valence-corrected chi connectivity index (χ3v) is 1.88. The monoisotopic (exact) mass is 192 g/mol. The number of halogens is 3. The minimum absolute atomic E-state index is 0.160. The molecule has 11 heavy (non-hydrogen) atoms. The summed E-state index contributed by atoms with van der Waals surface area (Å²) in [6.07, 6.45) is 0.522. The van der Waals surface area contributed by atoms with Gasteiger partial charge in [0.15, 0.2) is 0 Å². The number of rotatable bonds is 2. The Kier molecular flexibility index (Phi) is 3.16. The van der Waals surface area contributed by atoms with E-state index in [-0.39, 0.29) is 10.8 Å². The minimum Gasteiger partial charge on any atom is -0.205 e. The van der Waals surface area contributed by atoms with Crippen LogP contribution in [0.15, 0.2) is 18.2 Å². The Morgan fingerprint density at radius 3 is 2.73 bits per heavy atom. The molecule has 1 rings (SSSR count). The van der Waals surface area contributed by atoms with E-state index in [4.69, 9.17) is 23.2 Å². The molecule has 0 aromatic heterocycles. The molecule has 0 heterocycles. The van der Waals surface area contributed by atoms with Crippen molar-refractivity contribution in [2.75, 3.05) is 5.88 Å². The summed E-state index contributed by atoms with van der Waals surface area (Å²) in [6, 6.07) is 4.92. The molecular formula is C8H7Cl2F.